The number of thiazole rings is 1. The molecule has 0 aliphatic carbocycles. The van der Waals surface area contributed by atoms with Crippen LogP contribution in [0.2, 0.25) is 0 Å². The molecule has 3 nitrogen and oxygen atoms in total. The van der Waals surface area contributed by atoms with Crippen LogP contribution in [0.1, 0.15) is 35.5 Å². The van der Waals surface area contributed by atoms with Crippen LogP contribution in [-0.4, -0.2) is 29.5 Å². The lowest BCUT2D eigenvalue weighted by Gasteiger charge is -2.29. The van der Waals surface area contributed by atoms with Crippen molar-refractivity contribution in [2.75, 3.05) is 13.6 Å². The van der Waals surface area contributed by atoms with Gasteiger partial charge in [0, 0.05) is 24.5 Å². The standard InChI is InChI=1S/C17H25N3S/c1-13(15-7-5-4-6-8-15)9-17(10-18)20(3)11-16-12-21-14(2)19-16/h4-8,12-13,17H,9-11,18H2,1-3H3. The lowest BCUT2D eigenvalue weighted by molar-refractivity contribution is 0.217. The zero-order valence-corrected chi connectivity index (χ0v) is 13.9. The number of benzene rings is 1. The van der Waals surface area contributed by atoms with Crippen LogP contribution in [-0.2, 0) is 6.54 Å². The highest BCUT2D eigenvalue weighted by Gasteiger charge is 2.18. The molecule has 0 saturated heterocycles. The Morgan fingerprint density at radius 2 is 2.00 bits per heavy atom. The fourth-order valence-corrected chi connectivity index (χ4v) is 3.25. The normalized spacial score (nSPS) is 14.3. The molecule has 0 spiro atoms. The lowest BCUT2D eigenvalue weighted by atomic mass is 9.93. The molecular formula is C17H25N3S. The van der Waals surface area contributed by atoms with Gasteiger partial charge in [-0.05, 0) is 31.9 Å². The largest absolute Gasteiger partial charge is 0.329 e. The highest BCUT2D eigenvalue weighted by molar-refractivity contribution is 7.09. The molecule has 0 bridgehead atoms. The Kier molecular flexibility index (Phi) is 5.91. The van der Waals surface area contributed by atoms with Gasteiger partial charge in [-0.15, -0.1) is 11.3 Å². The van der Waals surface area contributed by atoms with Gasteiger partial charge in [-0.2, -0.15) is 0 Å². The van der Waals surface area contributed by atoms with E-state index in [1.54, 1.807) is 11.3 Å². The molecule has 1 aromatic carbocycles. The number of aromatic nitrogens is 1. The summed E-state index contributed by atoms with van der Waals surface area (Å²) in [5, 5.41) is 3.26. The highest BCUT2D eigenvalue weighted by Crippen LogP contribution is 2.22. The third kappa shape index (κ3) is 4.63. The summed E-state index contributed by atoms with van der Waals surface area (Å²) in [5.41, 5.74) is 8.53. The molecule has 2 N–H and O–H groups in total. The molecule has 0 radical (unpaired) electrons. The van der Waals surface area contributed by atoms with E-state index >= 15 is 0 Å². The Labute approximate surface area is 131 Å². The van der Waals surface area contributed by atoms with E-state index < -0.39 is 0 Å². The first-order chi connectivity index (χ1) is 10.1. The first-order valence-electron chi connectivity index (χ1n) is 7.46. The lowest BCUT2D eigenvalue weighted by Crippen LogP contribution is -2.38. The van der Waals surface area contributed by atoms with Gasteiger partial charge in [-0.25, -0.2) is 4.98 Å². The summed E-state index contributed by atoms with van der Waals surface area (Å²) < 4.78 is 0. The van der Waals surface area contributed by atoms with E-state index in [-0.39, 0.29) is 0 Å². The van der Waals surface area contributed by atoms with Crippen molar-refractivity contribution in [1.82, 2.24) is 9.88 Å². The van der Waals surface area contributed by atoms with Crippen LogP contribution in [0.25, 0.3) is 0 Å². The van der Waals surface area contributed by atoms with E-state index in [4.69, 9.17) is 5.73 Å². The molecule has 1 aromatic heterocycles. The molecule has 2 atom stereocenters. The van der Waals surface area contributed by atoms with Crippen molar-refractivity contribution in [3.63, 3.8) is 0 Å². The number of hydrogen-bond donors (Lipinski definition) is 1. The maximum atomic E-state index is 6.00. The summed E-state index contributed by atoms with van der Waals surface area (Å²) >= 11 is 1.71. The predicted molar refractivity (Wildman–Crippen MR) is 90.6 cm³/mol. The van der Waals surface area contributed by atoms with E-state index in [1.165, 1.54) is 5.56 Å². The number of rotatable bonds is 7. The van der Waals surface area contributed by atoms with E-state index in [2.05, 4.69) is 59.6 Å². The maximum absolute atomic E-state index is 6.00. The average Bonchev–Trinajstić information content (AvgIpc) is 2.90. The van der Waals surface area contributed by atoms with Crippen LogP contribution in [0.15, 0.2) is 35.7 Å². The van der Waals surface area contributed by atoms with Gasteiger partial charge in [-0.1, -0.05) is 37.3 Å². The van der Waals surface area contributed by atoms with Gasteiger partial charge < -0.3 is 5.73 Å². The van der Waals surface area contributed by atoms with Crippen LogP contribution < -0.4 is 5.73 Å². The van der Waals surface area contributed by atoms with Gasteiger partial charge in [0.15, 0.2) is 0 Å². The molecule has 2 aromatic rings. The molecule has 0 fully saturated rings. The summed E-state index contributed by atoms with van der Waals surface area (Å²) in [6.45, 7) is 5.87. The minimum atomic E-state index is 0.377. The van der Waals surface area contributed by atoms with Crippen molar-refractivity contribution in [1.29, 1.82) is 0 Å². The van der Waals surface area contributed by atoms with Gasteiger partial charge in [0.05, 0.1) is 10.7 Å². The second kappa shape index (κ2) is 7.69. The molecule has 2 unspecified atom stereocenters. The van der Waals surface area contributed by atoms with Crippen LogP contribution >= 0.6 is 11.3 Å². The molecule has 0 saturated carbocycles. The third-order valence-electron chi connectivity index (χ3n) is 3.97. The van der Waals surface area contributed by atoms with E-state index in [1.807, 2.05) is 6.92 Å². The van der Waals surface area contributed by atoms with E-state index in [0.717, 1.165) is 23.7 Å². The monoisotopic (exact) mass is 303 g/mol. The van der Waals surface area contributed by atoms with Crippen molar-refractivity contribution in [2.45, 2.75) is 38.8 Å². The molecule has 114 valence electrons. The first kappa shape index (κ1) is 16.1. The second-order valence-electron chi connectivity index (χ2n) is 5.71. The first-order valence-corrected chi connectivity index (χ1v) is 8.34. The third-order valence-corrected chi connectivity index (χ3v) is 4.79. The van der Waals surface area contributed by atoms with Gasteiger partial charge >= 0.3 is 0 Å². The summed E-state index contributed by atoms with van der Waals surface area (Å²) in [6, 6.07) is 11.0. The summed E-state index contributed by atoms with van der Waals surface area (Å²) in [4.78, 5) is 6.87. The van der Waals surface area contributed by atoms with E-state index in [9.17, 15) is 0 Å². The van der Waals surface area contributed by atoms with Gasteiger partial charge in [0.1, 0.15) is 0 Å². The smallest absolute Gasteiger partial charge is 0.0897 e. The van der Waals surface area contributed by atoms with Crippen molar-refractivity contribution < 1.29 is 0 Å². The van der Waals surface area contributed by atoms with Gasteiger partial charge in [-0.3, -0.25) is 4.90 Å². The van der Waals surface area contributed by atoms with Crippen molar-refractivity contribution in [3.8, 4) is 0 Å². The van der Waals surface area contributed by atoms with Crippen molar-refractivity contribution in [2.24, 2.45) is 5.73 Å². The van der Waals surface area contributed by atoms with Crippen molar-refractivity contribution >= 4 is 11.3 Å². The highest BCUT2D eigenvalue weighted by atomic mass is 32.1. The quantitative estimate of drug-likeness (QED) is 0.852. The Bertz CT molecular complexity index is 538. The summed E-state index contributed by atoms with van der Waals surface area (Å²) in [6.07, 6.45) is 1.07. The summed E-state index contributed by atoms with van der Waals surface area (Å²) in [5.74, 6) is 0.513. The minimum Gasteiger partial charge on any atom is -0.329 e. The topological polar surface area (TPSA) is 42.2 Å². The Morgan fingerprint density at radius 3 is 2.57 bits per heavy atom. The zero-order valence-electron chi connectivity index (χ0n) is 13.1. The molecule has 0 amide bonds. The molecular weight excluding hydrogens is 278 g/mol. The van der Waals surface area contributed by atoms with Crippen LogP contribution in [0.4, 0.5) is 0 Å². The predicted octanol–water partition coefficient (Wildman–Crippen LogP) is 3.40. The van der Waals surface area contributed by atoms with Gasteiger partial charge in [0.25, 0.3) is 0 Å². The summed E-state index contributed by atoms with van der Waals surface area (Å²) in [7, 11) is 2.14. The number of aryl methyl sites for hydroxylation is 1. The molecule has 2 rings (SSSR count). The van der Waals surface area contributed by atoms with Gasteiger partial charge in [0.2, 0.25) is 0 Å². The van der Waals surface area contributed by atoms with Crippen LogP contribution in [0.5, 0.6) is 0 Å². The zero-order chi connectivity index (χ0) is 15.2. The number of nitrogens with zero attached hydrogens (tertiary/aromatic N) is 2. The maximum Gasteiger partial charge on any atom is 0.0897 e. The Hall–Kier alpha value is -1.23. The molecule has 0 aliphatic heterocycles. The average molecular weight is 303 g/mol. The Morgan fingerprint density at radius 1 is 1.29 bits per heavy atom. The SMILES string of the molecule is Cc1nc(CN(C)C(CN)CC(C)c2ccccc2)cs1. The fourth-order valence-electron chi connectivity index (χ4n) is 2.65. The number of nitrogens with two attached hydrogens (primary N) is 1. The molecule has 4 heteroatoms. The fraction of sp³-hybridized carbons (Fsp3) is 0.471. The Balaban J connectivity index is 1.95. The molecule has 1 heterocycles. The second-order valence-corrected chi connectivity index (χ2v) is 6.77. The van der Waals surface area contributed by atoms with Crippen LogP contribution in [0, 0.1) is 6.92 Å². The van der Waals surface area contributed by atoms with Crippen molar-refractivity contribution in [3.05, 3.63) is 52.0 Å². The molecule has 0 aliphatic rings. The van der Waals surface area contributed by atoms with E-state index in [0.29, 0.717) is 18.5 Å². The molecule has 21 heavy (non-hydrogen) atoms. The minimum absolute atomic E-state index is 0.377. The van der Waals surface area contributed by atoms with Crippen LogP contribution in [0.3, 0.4) is 0 Å². The number of likely N-dealkylation sites (N-methyl/N-ethyl adjacent to an activating group) is 1. The number of hydrogen-bond acceptors (Lipinski definition) is 4.